The Kier molecular flexibility index (Phi) is 5.31. The number of nitrogens with one attached hydrogen (secondary N) is 2. The first kappa shape index (κ1) is 16.0. The molecule has 2 N–H and O–H groups in total. The van der Waals surface area contributed by atoms with Crippen molar-refractivity contribution in [2.75, 3.05) is 42.9 Å². The monoisotopic (exact) mass is 374 g/mol. The second-order valence-electron chi connectivity index (χ2n) is 5.81. The summed E-state index contributed by atoms with van der Waals surface area (Å²) in [4.78, 5) is 15.9. The molecule has 1 saturated heterocycles. The third-order valence-electron chi connectivity index (χ3n) is 4.11. The predicted molar refractivity (Wildman–Crippen MR) is 97.0 cm³/mol. The standard InChI is InChI=1S/C18H20BrN3O/c19-15-5-4-6-16(13-15)20-18(23)14-21-9-11-22(12-10-21)17-7-2-1-3-8-17/h1-8,13H,9-12,14H2,(H,20,23)/p+1. The van der Waals surface area contributed by atoms with Crippen LogP contribution in [0.2, 0.25) is 0 Å². The van der Waals surface area contributed by atoms with Gasteiger partial charge in [-0.05, 0) is 30.3 Å². The van der Waals surface area contributed by atoms with Gasteiger partial charge in [0, 0.05) is 15.8 Å². The number of rotatable bonds is 4. The first-order valence-electron chi connectivity index (χ1n) is 7.90. The summed E-state index contributed by atoms with van der Waals surface area (Å²) in [6, 6.07) is 18.2. The van der Waals surface area contributed by atoms with Crippen LogP contribution in [-0.4, -0.2) is 38.6 Å². The van der Waals surface area contributed by atoms with E-state index in [1.54, 1.807) is 0 Å². The molecule has 0 bridgehead atoms. The largest absolute Gasteiger partial charge is 0.360 e. The molecular formula is C18H21BrN3O+. The molecule has 1 fully saturated rings. The fraction of sp³-hybridized carbons (Fsp3) is 0.278. The van der Waals surface area contributed by atoms with Crippen LogP contribution in [0.15, 0.2) is 59.1 Å². The Bertz CT molecular complexity index is 654. The van der Waals surface area contributed by atoms with Crippen molar-refractivity contribution in [3.63, 3.8) is 0 Å². The molecule has 1 aliphatic heterocycles. The smallest absolute Gasteiger partial charge is 0.279 e. The highest BCUT2D eigenvalue weighted by Crippen LogP contribution is 2.15. The lowest BCUT2D eigenvalue weighted by atomic mass is 10.2. The molecular weight excluding hydrogens is 354 g/mol. The Balaban J connectivity index is 1.48. The molecule has 0 aliphatic carbocycles. The van der Waals surface area contributed by atoms with E-state index in [-0.39, 0.29) is 5.91 Å². The summed E-state index contributed by atoms with van der Waals surface area (Å²) in [5.74, 6) is 0.0752. The number of nitrogens with zero attached hydrogens (tertiary/aromatic N) is 1. The third kappa shape index (κ3) is 4.56. The maximum atomic E-state index is 12.2. The highest BCUT2D eigenvalue weighted by molar-refractivity contribution is 9.10. The number of hydrogen-bond donors (Lipinski definition) is 2. The number of hydrogen-bond acceptors (Lipinski definition) is 2. The normalized spacial score (nSPS) is 15.4. The van der Waals surface area contributed by atoms with Gasteiger partial charge in [-0.25, -0.2) is 0 Å². The molecule has 0 saturated carbocycles. The van der Waals surface area contributed by atoms with Crippen molar-refractivity contribution >= 4 is 33.2 Å². The Morgan fingerprint density at radius 1 is 1.09 bits per heavy atom. The Hall–Kier alpha value is -1.85. The molecule has 23 heavy (non-hydrogen) atoms. The van der Waals surface area contributed by atoms with Crippen LogP contribution in [0.1, 0.15) is 0 Å². The number of para-hydroxylation sites is 1. The summed E-state index contributed by atoms with van der Waals surface area (Å²) in [6.07, 6.45) is 0. The van der Waals surface area contributed by atoms with Crippen LogP contribution in [0, 0.1) is 0 Å². The zero-order valence-corrected chi connectivity index (χ0v) is 14.6. The number of halogens is 1. The summed E-state index contributed by atoms with van der Waals surface area (Å²) >= 11 is 3.42. The minimum absolute atomic E-state index is 0.0752. The first-order valence-corrected chi connectivity index (χ1v) is 8.69. The van der Waals surface area contributed by atoms with Gasteiger partial charge in [-0.2, -0.15) is 0 Å². The lowest BCUT2D eigenvalue weighted by Gasteiger charge is -2.33. The molecule has 0 atom stereocenters. The number of anilines is 2. The summed E-state index contributed by atoms with van der Waals surface area (Å²) in [5, 5.41) is 2.97. The van der Waals surface area contributed by atoms with Gasteiger partial charge in [0.25, 0.3) is 5.91 Å². The number of amides is 1. The highest BCUT2D eigenvalue weighted by atomic mass is 79.9. The van der Waals surface area contributed by atoms with Gasteiger partial charge in [0.05, 0.1) is 26.2 Å². The Morgan fingerprint density at radius 3 is 2.52 bits per heavy atom. The molecule has 3 rings (SSSR count). The molecule has 2 aromatic carbocycles. The molecule has 2 aromatic rings. The molecule has 1 amide bonds. The average molecular weight is 375 g/mol. The van der Waals surface area contributed by atoms with Crippen molar-refractivity contribution in [2.45, 2.75) is 0 Å². The average Bonchev–Trinajstić information content (AvgIpc) is 2.56. The van der Waals surface area contributed by atoms with Crippen molar-refractivity contribution in [3.8, 4) is 0 Å². The van der Waals surface area contributed by atoms with E-state index in [4.69, 9.17) is 0 Å². The third-order valence-corrected chi connectivity index (χ3v) is 4.60. The minimum Gasteiger partial charge on any atom is -0.360 e. The van der Waals surface area contributed by atoms with Gasteiger partial charge in [0.2, 0.25) is 0 Å². The van der Waals surface area contributed by atoms with Crippen molar-refractivity contribution < 1.29 is 9.69 Å². The van der Waals surface area contributed by atoms with Gasteiger partial charge < -0.3 is 15.1 Å². The quantitative estimate of drug-likeness (QED) is 0.855. The number of piperazine rings is 1. The molecule has 4 nitrogen and oxygen atoms in total. The number of quaternary nitrogens is 1. The maximum absolute atomic E-state index is 12.2. The van der Waals surface area contributed by atoms with Gasteiger partial charge in [-0.3, -0.25) is 4.79 Å². The Labute approximate surface area is 145 Å². The van der Waals surface area contributed by atoms with Gasteiger partial charge >= 0.3 is 0 Å². The van der Waals surface area contributed by atoms with Crippen molar-refractivity contribution in [1.29, 1.82) is 0 Å². The van der Waals surface area contributed by atoms with E-state index in [9.17, 15) is 4.79 Å². The van der Waals surface area contributed by atoms with Crippen molar-refractivity contribution in [1.82, 2.24) is 0 Å². The zero-order valence-electron chi connectivity index (χ0n) is 13.0. The van der Waals surface area contributed by atoms with E-state index in [1.165, 1.54) is 10.6 Å². The van der Waals surface area contributed by atoms with E-state index in [1.807, 2.05) is 30.3 Å². The SMILES string of the molecule is O=C(C[NH+]1CCN(c2ccccc2)CC1)Nc1cccc(Br)c1. The summed E-state index contributed by atoms with van der Waals surface area (Å²) in [5.41, 5.74) is 2.11. The Morgan fingerprint density at radius 2 is 1.83 bits per heavy atom. The highest BCUT2D eigenvalue weighted by Gasteiger charge is 2.22. The predicted octanol–water partition coefficient (Wildman–Crippen LogP) is 1.79. The lowest BCUT2D eigenvalue weighted by molar-refractivity contribution is -0.892. The molecule has 0 unspecified atom stereocenters. The number of carbonyl (C=O) groups is 1. The van der Waals surface area contributed by atoms with Gasteiger partial charge in [0.1, 0.15) is 0 Å². The lowest BCUT2D eigenvalue weighted by Crippen LogP contribution is -3.15. The molecule has 0 radical (unpaired) electrons. The fourth-order valence-electron chi connectivity index (χ4n) is 2.90. The topological polar surface area (TPSA) is 36.8 Å². The van der Waals surface area contributed by atoms with E-state index in [0.717, 1.165) is 36.3 Å². The van der Waals surface area contributed by atoms with Crippen molar-refractivity contribution in [3.05, 3.63) is 59.1 Å². The molecule has 0 aromatic heterocycles. The molecule has 1 aliphatic rings. The van der Waals surface area contributed by atoms with Crippen LogP contribution < -0.4 is 15.1 Å². The van der Waals surface area contributed by atoms with Crippen molar-refractivity contribution in [2.24, 2.45) is 0 Å². The van der Waals surface area contributed by atoms with Gasteiger partial charge in [-0.1, -0.05) is 40.2 Å². The van der Waals surface area contributed by atoms with Crippen LogP contribution in [0.3, 0.4) is 0 Å². The number of benzene rings is 2. The maximum Gasteiger partial charge on any atom is 0.279 e. The molecule has 120 valence electrons. The van der Waals surface area contributed by atoms with Gasteiger partial charge in [0.15, 0.2) is 6.54 Å². The summed E-state index contributed by atoms with van der Waals surface area (Å²) in [7, 11) is 0. The van der Waals surface area contributed by atoms with E-state index in [0.29, 0.717) is 6.54 Å². The van der Waals surface area contributed by atoms with E-state index < -0.39 is 0 Å². The zero-order chi connectivity index (χ0) is 16.1. The molecule has 1 heterocycles. The van der Waals surface area contributed by atoms with Crippen LogP contribution in [0.5, 0.6) is 0 Å². The summed E-state index contributed by atoms with van der Waals surface area (Å²) in [6.45, 7) is 4.48. The molecule has 0 spiro atoms. The minimum atomic E-state index is 0.0752. The molecule has 5 heteroatoms. The van der Waals surface area contributed by atoms with Crippen LogP contribution in [0.25, 0.3) is 0 Å². The van der Waals surface area contributed by atoms with Crippen LogP contribution in [-0.2, 0) is 4.79 Å². The van der Waals surface area contributed by atoms with E-state index >= 15 is 0 Å². The first-order chi connectivity index (χ1) is 11.2. The summed E-state index contributed by atoms with van der Waals surface area (Å²) < 4.78 is 0.971. The van der Waals surface area contributed by atoms with Gasteiger partial charge in [-0.15, -0.1) is 0 Å². The fourth-order valence-corrected chi connectivity index (χ4v) is 3.29. The van der Waals surface area contributed by atoms with E-state index in [2.05, 4.69) is 50.4 Å². The number of carbonyl (C=O) groups excluding carboxylic acids is 1. The van der Waals surface area contributed by atoms with Crippen LogP contribution >= 0.6 is 15.9 Å². The second kappa shape index (κ2) is 7.62. The van der Waals surface area contributed by atoms with Crippen LogP contribution in [0.4, 0.5) is 11.4 Å². The second-order valence-corrected chi connectivity index (χ2v) is 6.72.